The molecule has 2 aromatic heterocycles. The molecule has 1 amide bonds. The van der Waals surface area contributed by atoms with E-state index in [0.717, 1.165) is 11.6 Å². The van der Waals surface area contributed by atoms with Gasteiger partial charge < -0.3 is 24.6 Å². The molecule has 0 radical (unpaired) electrons. The van der Waals surface area contributed by atoms with Gasteiger partial charge in [-0.15, -0.1) is 0 Å². The van der Waals surface area contributed by atoms with Crippen molar-refractivity contribution >= 4 is 23.4 Å². The average Bonchev–Trinajstić information content (AvgIpc) is 2.84. The Morgan fingerprint density at radius 1 is 1.00 bits per heavy atom. The minimum Gasteiger partial charge on any atom is -0.485 e. The molecule has 5 rings (SSSR count). The normalized spacial score (nSPS) is 17.7. The first-order chi connectivity index (χ1) is 15.7. The van der Waals surface area contributed by atoms with Crippen LogP contribution in [0.4, 0.5) is 17.5 Å². The van der Waals surface area contributed by atoms with Gasteiger partial charge in [0.2, 0.25) is 6.10 Å². The summed E-state index contributed by atoms with van der Waals surface area (Å²) in [4.78, 5) is 30.3. The van der Waals surface area contributed by atoms with Gasteiger partial charge in [0.1, 0.15) is 29.9 Å². The Kier molecular flexibility index (Phi) is 5.45. The molecule has 1 saturated heterocycles. The highest BCUT2D eigenvalue weighted by atomic mass is 16.6. The highest BCUT2D eigenvalue weighted by Crippen LogP contribution is 2.31. The number of rotatable bonds is 4. The lowest BCUT2D eigenvalue weighted by Crippen LogP contribution is -2.54. The van der Waals surface area contributed by atoms with Crippen molar-refractivity contribution < 1.29 is 14.3 Å². The molecular weight excluding hydrogens is 408 g/mol. The van der Waals surface area contributed by atoms with E-state index in [1.807, 2.05) is 60.4 Å². The number of aromatic nitrogens is 3. The van der Waals surface area contributed by atoms with Crippen molar-refractivity contribution in [2.24, 2.45) is 0 Å². The minimum atomic E-state index is -0.619. The second kappa shape index (κ2) is 8.70. The predicted molar refractivity (Wildman–Crippen MR) is 119 cm³/mol. The van der Waals surface area contributed by atoms with Crippen LogP contribution in [0, 0.1) is 6.92 Å². The third-order valence-electron chi connectivity index (χ3n) is 5.44. The number of fused-ring (bicyclic) bond motifs is 1. The number of pyridine rings is 1. The maximum absolute atomic E-state index is 13.0. The summed E-state index contributed by atoms with van der Waals surface area (Å²) in [5.41, 5.74) is 0. The Bertz CT molecular complexity index is 1100. The largest absolute Gasteiger partial charge is 0.485 e. The van der Waals surface area contributed by atoms with Crippen LogP contribution in [0.3, 0.4) is 0 Å². The van der Waals surface area contributed by atoms with Gasteiger partial charge in [-0.3, -0.25) is 4.79 Å². The Labute approximate surface area is 186 Å². The molecule has 1 unspecified atom stereocenters. The highest BCUT2D eigenvalue weighted by Gasteiger charge is 2.33. The third-order valence-corrected chi connectivity index (χ3v) is 5.44. The fourth-order valence-electron chi connectivity index (χ4n) is 3.85. The number of aryl methyl sites for hydroxylation is 1. The van der Waals surface area contributed by atoms with Crippen LogP contribution >= 0.6 is 0 Å². The summed E-state index contributed by atoms with van der Waals surface area (Å²) in [7, 11) is 0. The van der Waals surface area contributed by atoms with E-state index in [-0.39, 0.29) is 12.5 Å². The summed E-state index contributed by atoms with van der Waals surface area (Å²) in [6.07, 6.45) is 1.11. The summed E-state index contributed by atoms with van der Waals surface area (Å²) in [6, 6.07) is 15.0. The number of para-hydroxylation sites is 2. The number of hydrogen-bond donors (Lipinski definition) is 1. The summed E-state index contributed by atoms with van der Waals surface area (Å²) in [5, 5.41) is 3.22. The van der Waals surface area contributed by atoms with Crippen LogP contribution in [0.15, 0.2) is 54.7 Å². The molecule has 2 aliphatic heterocycles. The lowest BCUT2D eigenvalue weighted by Gasteiger charge is -2.37. The molecule has 0 saturated carbocycles. The van der Waals surface area contributed by atoms with E-state index in [1.165, 1.54) is 0 Å². The van der Waals surface area contributed by atoms with Crippen LogP contribution in [0.2, 0.25) is 0 Å². The number of hydrogen-bond acceptors (Lipinski definition) is 8. The Morgan fingerprint density at radius 2 is 1.78 bits per heavy atom. The molecule has 9 nitrogen and oxygen atoms in total. The standard InChI is InChI=1S/C23H24N6O3/c1-16-25-21(27-20-8-4-5-9-24-20)14-22(26-16)28-10-12-29(13-11-28)23(30)19-15-31-17-6-2-3-7-18(17)32-19/h2-9,14,19H,10-13,15H2,1H3,(H,24,25,26,27). The molecule has 3 aromatic rings. The quantitative estimate of drug-likeness (QED) is 0.672. The van der Waals surface area contributed by atoms with Gasteiger partial charge in [-0.2, -0.15) is 0 Å². The van der Waals surface area contributed by atoms with Crippen molar-refractivity contribution in [2.75, 3.05) is 43.0 Å². The van der Waals surface area contributed by atoms with Gasteiger partial charge in [-0.25, -0.2) is 15.0 Å². The van der Waals surface area contributed by atoms with Gasteiger partial charge in [0, 0.05) is 38.4 Å². The summed E-state index contributed by atoms with van der Waals surface area (Å²) in [5.74, 6) is 4.16. The first-order valence-corrected chi connectivity index (χ1v) is 10.6. The minimum absolute atomic E-state index is 0.0458. The number of nitrogens with one attached hydrogen (secondary N) is 1. The third kappa shape index (κ3) is 4.27. The lowest BCUT2D eigenvalue weighted by atomic mass is 10.2. The van der Waals surface area contributed by atoms with Crippen molar-refractivity contribution in [1.29, 1.82) is 0 Å². The second-order valence-electron chi connectivity index (χ2n) is 7.68. The molecule has 0 bridgehead atoms. The van der Waals surface area contributed by atoms with Crippen molar-refractivity contribution in [3.63, 3.8) is 0 Å². The first-order valence-electron chi connectivity index (χ1n) is 10.6. The molecule has 0 aliphatic carbocycles. The Morgan fingerprint density at radius 3 is 2.56 bits per heavy atom. The molecule has 32 heavy (non-hydrogen) atoms. The molecule has 1 atom stereocenters. The van der Waals surface area contributed by atoms with Gasteiger partial charge in [-0.05, 0) is 31.2 Å². The van der Waals surface area contributed by atoms with E-state index < -0.39 is 6.10 Å². The van der Waals surface area contributed by atoms with Crippen molar-refractivity contribution in [3.05, 3.63) is 60.6 Å². The smallest absolute Gasteiger partial charge is 0.267 e. The molecule has 1 aromatic carbocycles. The maximum atomic E-state index is 13.0. The van der Waals surface area contributed by atoms with E-state index >= 15 is 0 Å². The Hall–Kier alpha value is -3.88. The zero-order valence-corrected chi connectivity index (χ0v) is 17.8. The highest BCUT2D eigenvalue weighted by molar-refractivity contribution is 5.82. The van der Waals surface area contributed by atoms with Crippen molar-refractivity contribution in [3.8, 4) is 11.5 Å². The SMILES string of the molecule is Cc1nc(Nc2ccccn2)cc(N2CCN(C(=O)C3COc4ccccc4O3)CC2)n1. The average molecular weight is 432 g/mol. The zero-order chi connectivity index (χ0) is 21.9. The molecule has 2 aliphatic rings. The number of anilines is 3. The van der Waals surface area contributed by atoms with Gasteiger partial charge in [0.15, 0.2) is 11.5 Å². The van der Waals surface area contributed by atoms with Crippen LogP contribution in [-0.4, -0.2) is 64.6 Å². The Balaban J connectivity index is 1.22. The molecule has 164 valence electrons. The number of amides is 1. The number of carbonyl (C=O) groups is 1. The number of piperazine rings is 1. The summed E-state index contributed by atoms with van der Waals surface area (Å²) >= 11 is 0. The summed E-state index contributed by atoms with van der Waals surface area (Å²) in [6.45, 7) is 4.62. The zero-order valence-electron chi connectivity index (χ0n) is 17.8. The molecule has 1 N–H and O–H groups in total. The maximum Gasteiger partial charge on any atom is 0.267 e. The van der Waals surface area contributed by atoms with Gasteiger partial charge in [-0.1, -0.05) is 18.2 Å². The predicted octanol–water partition coefficient (Wildman–Crippen LogP) is 2.41. The van der Waals surface area contributed by atoms with E-state index in [1.54, 1.807) is 6.20 Å². The number of ether oxygens (including phenoxy) is 2. The van der Waals surface area contributed by atoms with Crippen LogP contribution in [0.25, 0.3) is 0 Å². The van der Waals surface area contributed by atoms with E-state index in [2.05, 4.69) is 25.2 Å². The van der Waals surface area contributed by atoms with E-state index in [9.17, 15) is 4.79 Å². The van der Waals surface area contributed by atoms with Gasteiger partial charge >= 0.3 is 0 Å². The number of nitrogens with zero attached hydrogens (tertiary/aromatic N) is 5. The van der Waals surface area contributed by atoms with Crippen molar-refractivity contribution in [1.82, 2.24) is 19.9 Å². The van der Waals surface area contributed by atoms with Gasteiger partial charge in [0.05, 0.1) is 0 Å². The molecule has 4 heterocycles. The molecule has 0 spiro atoms. The van der Waals surface area contributed by atoms with Crippen LogP contribution in [0.5, 0.6) is 11.5 Å². The first kappa shape index (κ1) is 20.0. The molecule has 1 fully saturated rings. The topological polar surface area (TPSA) is 92.7 Å². The molecular formula is C23H24N6O3. The van der Waals surface area contributed by atoms with Crippen LogP contribution in [0.1, 0.15) is 5.82 Å². The fourth-order valence-corrected chi connectivity index (χ4v) is 3.85. The fraction of sp³-hybridized carbons (Fsp3) is 0.304. The number of benzene rings is 1. The van der Waals surface area contributed by atoms with Crippen molar-refractivity contribution in [2.45, 2.75) is 13.0 Å². The van der Waals surface area contributed by atoms with Crippen LogP contribution < -0.4 is 19.7 Å². The van der Waals surface area contributed by atoms with E-state index in [0.29, 0.717) is 49.3 Å². The van der Waals surface area contributed by atoms with Gasteiger partial charge in [0.25, 0.3) is 5.91 Å². The number of carbonyl (C=O) groups excluding carboxylic acids is 1. The lowest BCUT2D eigenvalue weighted by molar-refractivity contribution is -0.141. The second-order valence-corrected chi connectivity index (χ2v) is 7.68. The summed E-state index contributed by atoms with van der Waals surface area (Å²) < 4.78 is 11.6. The van der Waals surface area contributed by atoms with E-state index in [4.69, 9.17) is 9.47 Å². The molecule has 9 heteroatoms. The van der Waals surface area contributed by atoms with Crippen LogP contribution in [-0.2, 0) is 4.79 Å². The monoisotopic (exact) mass is 432 g/mol.